The highest BCUT2D eigenvalue weighted by Gasteiger charge is 2.35. The van der Waals surface area contributed by atoms with Crippen LogP contribution in [0.5, 0.6) is 0 Å². The molecule has 1 aromatic carbocycles. The van der Waals surface area contributed by atoms with Crippen LogP contribution in [0.15, 0.2) is 24.3 Å². The van der Waals surface area contributed by atoms with Crippen molar-refractivity contribution in [2.75, 3.05) is 0 Å². The van der Waals surface area contributed by atoms with Gasteiger partial charge in [0.25, 0.3) is 11.6 Å². The molecule has 1 aromatic rings. The van der Waals surface area contributed by atoms with Crippen molar-refractivity contribution in [2.45, 2.75) is 31.2 Å². The maximum absolute atomic E-state index is 12.0. The molecular weight excluding hydrogens is 246 g/mol. The normalized spacial score (nSPS) is 16.6. The van der Waals surface area contributed by atoms with Crippen molar-refractivity contribution in [1.82, 2.24) is 5.32 Å². The summed E-state index contributed by atoms with van der Waals surface area (Å²) < 4.78 is 0. The number of rotatable bonds is 3. The highest BCUT2D eigenvalue weighted by molar-refractivity contribution is 5.95. The number of nitriles is 1. The first kappa shape index (κ1) is 13.0. The Morgan fingerprint density at radius 2 is 1.89 bits per heavy atom. The molecule has 1 amide bonds. The maximum atomic E-state index is 12.0. The quantitative estimate of drug-likeness (QED) is 0.664. The van der Waals surface area contributed by atoms with Crippen LogP contribution in [0.1, 0.15) is 36.0 Å². The second kappa shape index (κ2) is 5.06. The Labute approximate surface area is 110 Å². The fraction of sp³-hybridized carbons (Fsp3) is 0.385. The lowest BCUT2D eigenvalue weighted by atomic mass is 9.99. The van der Waals surface area contributed by atoms with E-state index in [0.29, 0.717) is 18.4 Å². The summed E-state index contributed by atoms with van der Waals surface area (Å²) in [5.41, 5.74) is -0.515. The lowest BCUT2D eigenvalue weighted by Gasteiger charge is -2.21. The van der Waals surface area contributed by atoms with Crippen LogP contribution in [0.25, 0.3) is 0 Å². The third kappa shape index (κ3) is 2.71. The zero-order valence-corrected chi connectivity index (χ0v) is 10.3. The number of non-ortho nitro benzene ring substituents is 1. The highest BCUT2D eigenvalue weighted by atomic mass is 16.6. The van der Waals surface area contributed by atoms with Gasteiger partial charge in [-0.2, -0.15) is 5.26 Å². The van der Waals surface area contributed by atoms with E-state index in [4.69, 9.17) is 0 Å². The van der Waals surface area contributed by atoms with E-state index in [1.807, 2.05) is 0 Å². The molecule has 0 aromatic heterocycles. The molecular formula is C13H13N3O3. The second-order valence-corrected chi connectivity index (χ2v) is 4.66. The van der Waals surface area contributed by atoms with Gasteiger partial charge in [-0.1, -0.05) is 0 Å². The largest absolute Gasteiger partial charge is 0.334 e. The highest BCUT2D eigenvalue weighted by Crippen LogP contribution is 2.29. The molecule has 2 rings (SSSR count). The Kier molecular flexibility index (Phi) is 3.47. The smallest absolute Gasteiger partial charge is 0.269 e. The molecule has 19 heavy (non-hydrogen) atoms. The number of hydrogen-bond donors (Lipinski definition) is 1. The van der Waals surface area contributed by atoms with Crippen LogP contribution in [0, 0.1) is 21.4 Å². The Morgan fingerprint density at radius 3 is 2.37 bits per heavy atom. The van der Waals surface area contributed by atoms with Crippen LogP contribution in [-0.2, 0) is 0 Å². The molecule has 0 spiro atoms. The molecule has 1 fully saturated rings. The van der Waals surface area contributed by atoms with E-state index in [1.54, 1.807) is 0 Å². The second-order valence-electron chi connectivity index (χ2n) is 4.66. The number of nitrogens with zero attached hydrogens (tertiary/aromatic N) is 2. The summed E-state index contributed by atoms with van der Waals surface area (Å²) in [5.74, 6) is -0.363. The number of benzene rings is 1. The van der Waals surface area contributed by atoms with Gasteiger partial charge in [-0.15, -0.1) is 0 Å². The predicted octanol–water partition coefficient (Wildman–Crippen LogP) is 2.16. The summed E-state index contributed by atoms with van der Waals surface area (Å²) in [7, 11) is 0. The van der Waals surface area contributed by atoms with Crippen molar-refractivity contribution in [2.24, 2.45) is 0 Å². The van der Waals surface area contributed by atoms with Crippen molar-refractivity contribution in [3.8, 4) is 6.07 Å². The van der Waals surface area contributed by atoms with E-state index >= 15 is 0 Å². The molecule has 6 nitrogen and oxygen atoms in total. The topological polar surface area (TPSA) is 96.0 Å². The molecule has 0 heterocycles. The number of nitro groups is 1. The Hall–Kier alpha value is -2.42. The third-order valence-corrected chi connectivity index (χ3v) is 3.36. The zero-order chi connectivity index (χ0) is 13.9. The van der Waals surface area contributed by atoms with E-state index in [-0.39, 0.29) is 11.6 Å². The Balaban J connectivity index is 2.12. The van der Waals surface area contributed by atoms with Gasteiger partial charge in [0.15, 0.2) is 0 Å². The van der Waals surface area contributed by atoms with Gasteiger partial charge in [-0.3, -0.25) is 14.9 Å². The molecule has 0 atom stereocenters. The van der Waals surface area contributed by atoms with Crippen molar-refractivity contribution >= 4 is 11.6 Å². The van der Waals surface area contributed by atoms with Crippen molar-refractivity contribution in [3.05, 3.63) is 39.9 Å². The summed E-state index contributed by atoms with van der Waals surface area (Å²) >= 11 is 0. The fourth-order valence-corrected chi connectivity index (χ4v) is 2.27. The Morgan fingerprint density at radius 1 is 1.32 bits per heavy atom. The van der Waals surface area contributed by atoms with E-state index in [1.165, 1.54) is 24.3 Å². The first-order chi connectivity index (χ1) is 9.06. The van der Waals surface area contributed by atoms with Gasteiger partial charge in [0.1, 0.15) is 5.54 Å². The third-order valence-electron chi connectivity index (χ3n) is 3.36. The van der Waals surface area contributed by atoms with Gasteiger partial charge in [-0.05, 0) is 37.8 Å². The first-order valence-electron chi connectivity index (χ1n) is 6.04. The summed E-state index contributed by atoms with van der Waals surface area (Å²) in [6, 6.07) is 7.52. The zero-order valence-electron chi connectivity index (χ0n) is 10.3. The molecule has 0 unspecified atom stereocenters. The SMILES string of the molecule is N#CC1(NC(=O)c2ccc([N+](=O)[O-])cc2)CCCC1. The molecule has 1 aliphatic rings. The summed E-state index contributed by atoms with van der Waals surface area (Å²) in [4.78, 5) is 22.0. The van der Waals surface area contributed by atoms with Gasteiger partial charge in [-0.25, -0.2) is 0 Å². The van der Waals surface area contributed by atoms with Crippen LogP contribution in [0.3, 0.4) is 0 Å². The predicted molar refractivity (Wildman–Crippen MR) is 67.4 cm³/mol. The van der Waals surface area contributed by atoms with Gasteiger partial charge >= 0.3 is 0 Å². The van der Waals surface area contributed by atoms with Crippen LogP contribution >= 0.6 is 0 Å². The first-order valence-corrected chi connectivity index (χ1v) is 6.04. The van der Waals surface area contributed by atoms with E-state index in [0.717, 1.165) is 12.8 Å². The van der Waals surface area contributed by atoms with Gasteiger partial charge in [0, 0.05) is 17.7 Å². The monoisotopic (exact) mass is 259 g/mol. The molecule has 0 radical (unpaired) electrons. The van der Waals surface area contributed by atoms with E-state index in [2.05, 4.69) is 11.4 Å². The van der Waals surface area contributed by atoms with Crippen molar-refractivity contribution in [1.29, 1.82) is 5.26 Å². The van der Waals surface area contributed by atoms with Crippen LogP contribution in [0.4, 0.5) is 5.69 Å². The van der Waals surface area contributed by atoms with E-state index < -0.39 is 10.5 Å². The number of carbonyl (C=O) groups excluding carboxylic acids is 1. The summed E-state index contributed by atoms with van der Waals surface area (Å²) in [6.07, 6.45) is 3.16. The van der Waals surface area contributed by atoms with Crippen LogP contribution in [0.2, 0.25) is 0 Å². The van der Waals surface area contributed by atoms with Gasteiger partial charge in [0.2, 0.25) is 0 Å². The maximum Gasteiger partial charge on any atom is 0.269 e. The van der Waals surface area contributed by atoms with Crippen LogP contribution < -0.4 is 5.32 Å². The minimum atomic E-state index is -0.779. The standard InChI is InChI=1S/C13H13N3O3/c14-9-13(7-1-2-8-13)15-12(17)10-3-5-11(6-4-10)16(18)19/h3-6H,1-2,7-8H2,(H,15,17). The van der Waals surface area contributed by atoms with E-state index in [9.17, 15) is 20.2 Å². The summed E-state index contributed by atoms with van der Waals surface area (Å²) in [5, 5.41) is 22.4. The number of nitrogens with one attached hydrogen (secondary N) is 1. The minimum Gasteiger partial charge on any atom is -0.334 e. The van der Waals surface area contributed by atoms with Crippen molar-refractivity contribution < 1.29 is 9.72 Å². The van der Waals surface area contributed by atoms with Gasteiger partial charge in [0.05, 0.1) is 11.0 Å². The average molecular weight is 259 g/mol. The lowest BCUT2D eigenvalue weighted by Crippen LogP contribution is -2.45. The molecule has 1 saturated carbocycles. The number of hydrogen-bond acceptors (Lipinski definition) is 4. The average Bonchev–Trinajstić information content (AvgIpc) is 2.88. The Bertz CT molecular complexity index is 539. The molecule has 1 aliphatic carbocycles. The molecule has 1 N–H and O–H groups in total. The van der Waals surface area contributed by atoms with Crippen molar-refractivity contribution in [3.63, 3.8) is 0 Å². The molecule has 0 aliphatic heterocycles. The molecule has 0 bridgehead atoms. The van der Waals surface area contributed by atoms with Crippen LogP contribution in [-0.4, -0.2) is 16.4 Å². The number of nitro benzene ring substituents is 1. The summed E-state index contributed by atoms with van der Waals surface area (Å²) in [6.45, 7) is 0. The number of carbonyl (C=O) groups is 1. The number of amides is 1. The molecule has 6 heteroatoms. The lowest BCUT2D eigenvalue weighted by molar-refractivity contribution is -0.384. The minimum absolute atomic E-state index is 0.0626. The molecule has 0 saturated heterocycles. The van der Waals surface area contributed by atoms with Gasteiger partial charge < -0.3 is 5.32 Å². The fourth-order valence-electron chi connectivity index (χ4n) is 2.27. The molecule has 98 valence electrons.